The van der Waals surface area contributed by atoms with Crippen molar-refractivity contribution in [3.8, 4) is 0 Å². The van der Waals surface area contributed by atoms with Crippen molar-refractivity contribution in [3.63, 3.8) is 0 Å². The van der Waals surface area contributed by atoms with Crippen molar-refractivity contribution in [2.75, 3.05) is 0 Å². The summed E-state index contributed by atoms with van der Waals surface area (Å²) in [6.45, 7) is 7.50. The third-order valence-corrected chi connectivity index (χ3v) is 2.83. The molecule has 2 rings (SSSR count). The Kier molecular flexibility index (Phi) is 4.62. The molecule has 5 nitrogen and oxygen atoms in total. The molecule has 0 aliphatic carbocycles. The highest BCUT2D eigenvalue weighted by molar-refractivity contribution is 5.78. The van der Waals surface area contributed by atoms with E-state index in [1.165, 1.54) is 5.56 Å². The second-order valence-corrected chi connectivity index (χ2v) is 6.10. The first-order valence-electron chi connectivity index (χ1n) is 7.06. The molecule has 2 aromatic rings. The molecule has 112 valence electrons. The van der Waals surface area contributed by atoms with Crippen molar-refractivity contribution in [1.82, 2.24) is 15.1 Å². The molecule has 0 spiro atoms. The summed E-state index contributed by atoms with van der Waals surface area (Å²) in [5.41, 5.74) is 8.15. The van der Waals surface area contributed by atoms with Gasteiger partial charge in [0.15, 0.2) is 5.96 Å². The number of benzene rings is 1. The minimum absolute atomic E-state index is 0.0739. The third kappa shape index (κ3) is 5.30. The Morgan fingerprint density at radius 1 is 1.29 bits per heavy atom. The second kappa shape index (κ2) is 6.43. The predicted octanol–water partition coefficient (Wildman–Crippen LogP) is 2.13. The van der Waals surface area contributed by atoms with E-state index in [9.17, 15) is 0 Å². The SMILES string of the molecule is CC(C)(C)NC(N)=NCc1cccc(Cn2cccn2)c1. The Morgan fingerprint density at radius 2 is 2.05 bits per heavy atom. The Bertz CT molecular complexity index is 593. The van der Waals surface area contributed by atoms with Crippen LogP contribution >= 0.6 is 0 Å². The molecule has 5 heteroatoms. The summed E-state index contributed by atoms with van der Waals surface area (Å²) >= 11 is 0. The van der Waals surface area contributed by atoms with E-state index in [0.717, 1.165) is 12.1 Å². The summed E-state index contributed by atoms with van der Waals surface area (Å²) in [5, 5.41) is 7.37. The Labute approximate surface area is 125 Å². The van der Waals surface area contributed by atoms with Crippen LogP contribution in [0.2, 0.25) is 0 Å². The fourth-order valence-corrected chi connectivity index (χ4v) is 2.01. The summed E-state index contributed by atoms with van der Waals surface area (Å²) in [4.78, 5) is 4.38. The largest absolute Gasteiger partial charge is 0.370 e. The quantitative estimate of drug-likeness (QED) is 0.668. The van der Waals surface area contributed by atoms with Crippen LogP contribution in [-0.2, 0) is 13.1 Å². The van der Waals surface area contributed by atoms with Crippen LogP contribution in [0.4, 0.5) is 0 Å². The predicted molar refractivity (Wildman–Crippen MR) is 86.0 cm³/mol. The number of hydrogen-bond donors (Lipinski definition) is 2. The van der Waals surface area contributed by atoms with Gasteiger partial charge in [0, 0.05) is 17.9 Å². The van der Waals surface area contributed by atoms with Crippen LogP contribution in [0.25, 0.3) is 0 Å². The average molecular weight is 285 g/mol. The molecule has 21 heavy (non-hydrogen) atoms. The monoisotopic (exact) mass is 285 g/mol. The molecule has 0 bridgehead atoms. The molecule has 0 amide bonds. The normalized spacial score (nSPS) is 12.4. The number of nitrogens with one attached hydrogen (secondary N) is 1. The summed E-state index contributed by atoms with van der Waals surface area (Å²) in [7, 11) is 0. The van der Waals surface area contributed by atoms with Crippen molar-refractivity contribution in [3.05, 3.63) is 53.9 Å². The second-order valence-electron chi connectivity index (χ2n) is 6.10. The molecule has 0 aliphatic heterocycles. The molecular weight excluding hydrogens is 262 g/mol. The van der Waals surface area contributed by atoms with Gasteiger partial charge in [-0.05, 0) is 38.0 Å². The number of nitrogens with zero attached hydrogens (tertiary/aromatic N) is 3. The van der Waals surface area contributed by atoms with Gasteiger partial charge in [0.1, 0.15) is 0 Å². The van der Waals surface area contributed by atoms with Crippen LogP contribution in [0.15, 0.2) is 47.7 Å². The summed E-state index contributed by atoms with van der Waals surface area (Å²) in [6.07, 6.45) is 3.74. The molecule has 0 fully saturated rings. The van der Waals surface area contributed by atoms with Crippen molar-refractivity contribution >= 4 is 5.96 Å². The first-order valence-corrected chi connectivity index (χ1v) is 7.06. The fraction of sp³-hybridized carbons (Fsp3) is 0.375. The first-order chi connectivity index (χ1) is 9.92. The van der Waals surface area contributed by atoms with E-state index < -0.39 is 0 Å². The van der Waals surface area contributed by atoms with Crippen LogP contribution in [0.5, 0.6) is 0 Å². The third-order valence-electron chi connectivity index (χ3n) is 2.83. The summed E-state index contributed by atoms with van der Waals surface area (Å²) < 4.78 is 1.90. The molecular formula is C16H23N5. The number of aromatic nitrogens is 2. The van der Waals surface area contributed by atoms with E-state index in [1.807, 2.05) is 23.0 Å². The Balaban J connectivity index is 1.99. The number of nitrogens with two attached hydrogens (primary N) is 1. The van der Waals surface area contributed by atoms with E-state index >= 15 is 0 Å². The molecule has 0 aliphatic rings. The van der Waals surface area contributed by atoms with Gasteiger partial charge in [-0.2, -0.15) is 5.10 Å². The highest BCUT2D eigenvalue weighted by atomic mass is 15.3. The highest BCUT2D eigenvalue weighted by Crippen LogP contribution is 2.08. The van der Waals surface area contributed by atoms with E-state index in [2.05, 4.69) is 54.4 Å². The Morgan fingerprint density at radius 3 is 2.71 bits per heavy atom. The van der Waals surface area contributed by atoms with Gasteiger partial charge in [0.25, 0.3) is 0 Å². The van der Waals surface area contributed by atoms with Gasteiger partial charge in [0.05, 0.1) is 13.1 Å². The number of hydrogen-bond acceptors (Lipinski definition) is 2. The lowest BCUT2D eigenvalue weighted by Crippen LogP contribution is -2.44. The number of aliphatic imine (C=N–C) groups is 1. The highest BCUT2D eigenvalue weighted by Gasteiger charge is 2.09. The van der Waals surface area contributed by atoms with Crippen LogP contribution < -0.4 is 11.1 Å². The van der Waals surface area contributed by atoms with E-state index in [0.29, 0.717) is 12.5 Å². The molecule has 3 N–H and O–H groups in total. The zero-order valence-electron chi connectivity index (χ0n) is 12.9. The molecule has 0 saturated carbocycles. The average Bonchev–Trinajstić information content (AvgIpc) is 2.88. The standard InChI is InChI=1S/C16H23N5/c1-16(2,3)20-15(17)18-11-13-6-4-7-14(10-13)12-21-9-5-8-19-21/h4-10H,11-12H2,1-3H3,(H3,17,18,20). The van der Waals surface area contributed by atoms with E-state index in [-0.39, 0.29) is 5.54 Å². The van der Waals surface area contributed by atoms with Crippen molar-refractivity contribution in [1.29, 1.82) is 0 Å². The van der Waals surface area contributed by atoms with Crippen molar-refractivity contribution in [2.45, 2.75) is 39.4 Å². The lowest BCUT2D eigenvalue weighted by Gasteiger charge is -2.21. The van der Waals surface area contributed by atoms with Gasteiger partial charge in [-0.1, -0.05) is 24.3 Å². The van der Waals surface area contributed by atoms with Crippen molar-refractivity contribution < 1.29 is 0 Å². The molecule has 0 radical (unpaired) electrons. The van der Waals surface area contributed by atoms with Crippen LogP contribution in [0.3, 0.4) is 0 Å². The van der Waals surface area contributed by atoms with Gasteiger partial charge in [-0.25, -0.2) is 4.99 Å². The summed E-state index contributed by atoms with van der Waals surface area (Å²) in [6, 6.07) is 10.2. The smallest absolute Gasteiger partial charge is 0.189 e. The fourth-order valence-electron chi connectivity index (χ4n) is 2.01. The number of guanidine groups is 1. The maximum Gasteiger partial charge on any atom is 0.189 e. The molecule has 0 unspecified atom stereocenters. The van der Waals surface area contributed by atoms with Gasteiger partial charge in [-0.15, -0.1) is 0 Å². The van der Waals surface area contributed by atoms with Crippen LogP contribution in [0, 0.1) is 0 Å². The van der Waals surface area contributed by atoms with Crippen LogP contribution in [-0.4, -0.2) is 21.3 Å². The van der Waals surface area contributed by atoms with Gasteiger partial charge >= 0.3 is 0 Å². The zero-order chi connectivity index (χ0) is 15.3. The maximum atomic E-state index is 5.88. The van der Waals surface area contributed by atoms with E-state index in [4.69, 9.17) is 5.73 Å². The molecule has 0 saturated heterocycles. The van der Waals surface area contributed by atoms with Crippen LogP contribution in [0.1, 0.15) is 31.9 Å². The molecule has 1 aromatic heterocycles. The lowest BCUT2D eigenvalue weighted by molar-refractivity contribution is 0.508. The minimum Gasteiger partial charge on any atom is -0.370 e. The Hall–Kier alpha value is -2.30. The lowest BCUT2D eigenvalue weighted by atomic mass is 10.1. The molecule has 1 heterocycles. The summed E-state index contributed by atoms with van der Waals surface area (Å²) in [5.74, 6) is 0.472. The van der Waals surface area contributed by atoms with E-state index in [1.54, 1.807) is 6.20 Å². The zero-order valence-corrected chi connectivity index (χ0v) is 12.9. The molecule has 1 aromatic carbocycles. The van der Waals surface area contributed by atoms with Gasteiger partial charge in [-0.3, -0.25) is 4.68 Å². The van der Waals surface area contributed by atoms with Gasteiger partial charge < -0.3 is 11.1 Å². The van der Waals surface area contributed by atoms with Crippen molar-refractivity contribution in [2.24, 2.45) is 10.7 Å². The maximum absolute atomic E-state index is 5.88. The number of rotatable bonds is 4. The first kappa shape index (κ1) is 15.1. The molecule has 0 atom stereocenters. The minimum atomic E-state index is -0.0739. The van der Waals surface area contributed by atoms with Gasteiger partial charge in [0.2, 0.25) is 0 Å². The topological polar surface area (TPSA) is 68.2 Å².